The van der Waals surface area contributed by atoms with E-state index in [2.05, 4.69) is 46.1 Å². The first-order chi connectivity index (χ1) is 10.00. The van der Waals surface area contributed by atoms with E-state index in [1.165, 1.54) is 6.08 Å². The molecule has 0 aromatic heterocycles. The number of nitrogens with zero attached hydrogens (tertiary/aromatic N) is 1. The van der Waals surface area contributed by atoms with Crippen LogP contribution in [0.2, 0.25) is 0 Å². The van der Waals surface area contributed by atoms with E-state index in [1.807, 2.05) is 0 Å². The van der Waals surface area contributed by atoms with Crippen LogP contribution < -0.4 is 0 Å². The van der Waals surface area contributed by atoms with Crippen LogP contribution >= 0.6 is 0 Å². The zero-order valence-electron chi connectivity index (χ0n) is 14.6. The lowest BCUT2D eigenvalue weighted by molar-refractivity contribution is -0.176. The summed E-state index contributed by atoms with van der Waals surface area (Å²) in [4.78, 5) is 14.4. The Morgan fingerprint density at radius 2 is 1.76 bits per heavy atom. The highest BCUT2D eigenvalue weighted by Crippen LogP contribution is 2.46. The van der Waals surface area contributed by atoms with Crippen LogP contribution in [0.15, 0.2) is 12.7 Å². The van der Waals surface area contributed by atoms with E-state index in [9.17, 15) is 4.79 Å². The smallest absolute Gasteiger partial charge is 0.330 e. The van der Waals surface area contributed by atoms with Gasteiger partial charge in [0.2, 0.25) is 0 Å². The van der Waals surface area contributed by atoms with Crippen molar-refractivity contribution >= 4 is 5.97 Å². The number of hydrogen-bond donors (Lipinski definition) is 0. The quantitative estimate of drug-likeness (QED) is 0.517. The maximum atomic E-state index is 11.7. The van der Waals surface area contributed by atoms with Gasteiger partial charge in [-0.2, -0.15) is 0 Å². The van der Waals surface area contributed by atoms with Gasteiger partial charge < -0.3 is 4.74 Å². The number of carbonyl (C=O) groups excluding carboxylic acids is 1. The Kier molecular flexibility index (Phi) is 6.45. The maximum Gasteiger partial charge on any atom is 0.330 e. The number of piperidine rings is 1. The van der Waals surface area contributed by atoms with Gasteiger partial charge in [0.1, 0.15) is 6.10 Å². The van der Waals surface area contributed by atoms with Crippen molar-refractivity contribution in [3.8, 4) is 0 Å². The van der Waals surface area contributed by atoms with Crippen LogP contribution in [0.1, 0.15) is 73.1 Å². The highest BCUT2D eigenvalue weighted by Gasteiger charge is 2.53. The molecule has 0 bridgehead atoms. The molecule has 0 N–H and O–H groups in total. The first kappa shape index (κ1) is 18.2. The number of hydrogen-bond acceptors (Lipinski definition) is 3. The fourth-order valence-electron chi connectivity index (χ4n) is 4.53. The number of rotatable bonds is 7. The van der Waals surface area contributed by atoms with Gasteiger partial charge in [-0.3, -0.25) is 4.90 Å². The van der Waals surface area contributed by atoms with Crippen LogP contribution in [-0.4, -0.2) is 34.6 Å². The standard InChI is InChI=1S/C18H33NO2/c1-7-16(20)21-15-13-14-17(8-2,9-3)19(12-6)18(15,10-4)11-5/h7,15H,1,8-14H2,2-6H3. The molecule has 3 nitrogen and oxygen atoms in total. The lowest BCUT2D eigenvalue weighted by Gasteiger charge is -2.60. The Balaban J connectivity index is 3.22. The van der Waals surface area contributed by atoms with Crippen LogP contribution in [0.3, 0.4) is 0 Å². The van der Waals surface area contributed by atoms with Crippen molar-refractivity contribution in [2.45, 2.75) is 90.3 Å². The van der Waals surface area contributed by atoms with Crippen LogP contribution in [0.5, 0.6) is 0 Å². The maximum absolute atomic E-state index is 11.7. The Morgan fingerprint density at radius 1 is 1.19 bits per heavy atom. The van der Waals surface area contributed by atoms with Gasteiger partial charge in [0.25, 0.3) is 0 Å². The van der Waals surface area contributed by atoms with Crippen molar-refractivity contribution in [3.05, 3.63) is 12.7 Å². The molecule has 1 saturated heterocycles. The third-order valence-electron chi connectivity index (χ3n) is 5.86. The molecule has 1 rings (SSSR count). The molecule has 1 atom stereocenters. The van der Waals surface area contributed by atoms with Crippen molar-refractivity contribution in [2.75, 3.05) is 6.54 Å². The molecule has 0 amide bonds. The molecular weight excluding hydrogens is 262 g/mol. The minimum atomic E-state index is -0.289. The van der Waals surface area contributed by atoms with Gasteiger partial charge in [-0.25, -0.2) is 4.79 Å². The Morgan fingerprint density at radius 3 is 2.14 bits per heavy atom. The lowest BCUT2D eigenvalue weighted by Crippen LogP contribution is -2.68. The Hall–Kier alpha value is -0.830. The van der Waals surface area contributed by atoms with Crippen LogP contribution in [0, 0.1) is 0 Å². The van der Waals surface area contributed by atoms with E-state index in [-0.39, 0.29) is 23.2 Å². The van der Waals surface area contributed by atoms with Gasteiger partial charge in [-0.15, -0.1) is 0 Å². The van der Waals surface area contributed by atoms with E-state index in [1.54, 1.807) is 0 Å². The summed E-state index contributed by atoms with van der Waals surface area (Å²) in [5, 5.41) is 0. The highest BCUT2D eigenvalue weighted by atomic mass is 16.5. The monoisotopic (exact) mass is 295 g/mol. The third-order valence-corrected chi connectivity index (χ3v) is 5.86. The van der Waals surface area contributed by atoms with E-state index >= 15 is 0 Å². The van der Waals surface area contributed by atoms with Crippen molar-refractivity contribution < 1.29 is 9.53 Å². The summed E-state index contributed by atoms with van der Waals surface area (Å²) < 4.78 is 5.75. The van der Waals surface area contributed by atoms with E-state index in [4.69, 9.17) is 4.74 Å². The Bertz CT molecular complexity index is 356. The molecule has 0 aliphatic carbocycles. The SMILES string of the molecule is C=CC(=O)OC1CCC(CC)(CC)N(CC)C1(CC)CC. The minimum Gasteiger partial charge on any atom is -0.457 e. The summed E-state index contributed by atoms with van der Waals surface area (Å²) in [6.45, 7) is 15.8. The average Bonchev–Trinajstić information content (AvgIpc) is 2.54. The summed E-state index contributed by atoms with van der Waals surface area (Å²) in [5.41, 5.74) is 0.204. The number of likely N-dealkylation sites (tertiary alicyclic amines) is 1. The van der Waals surface area contributed by atoms with Crippen molar-refractivity contribution in [3.63, 3.8) is 0 Å². The molecule has 1 unspecified atom stereocenters. The van der Waals surface area contributed by atoms with Crippen molar-refractivity contribution in [1.29, 1.82) is 0 Å². The number of likely N-dealkylation sites (N-methyl/N-ethyl adjacent to an activating group) is 1. The fraction of sp³-hybridized carbons (Fsp3) is 0.833. The van der Waals surface area contributed by atoms with E-state index in [0.29, 0.717) is 0 Å². The predicted octanol–water partition coefficient (Wildman–Crippen LogP) is 4.32. The first-order valence-electron chi connectivity index (χ1n) is 8.60. The van der Waals surface area contributed by atoms with Gasteiger partial charge in [0, 0.05) is 11.6 Å². The third kappa shape index (κ3) is 3.03. The molecule has 1 fully saturated rings. The largest absolute Gasteiger partial charge is 0.457 e. The summed E-state index contributed by atoms with van der Waals surface area (Å²) >= 11 is 0. The molecule has 0 spiro atoms. The fourth-order valence-corrected chi connectivity index (χ4v) is 4.53. The van der Waals surface area contributed by atoms with Crippen molar-refractivity contribution in [2.24, 2.45) is 0 Å². The normalized spacial score (nSPS) is 24.5. The van der Waals surface area contributed by atoms with Crippen LogP contribution in [0.25, 0.3) is 0 Å². The summed E-state index contributed by atoms with van der Waals surface area (Å²) in [7, 11) is 0. The topological polar surface area (TPSA) is 29.5 Å². The molecule has 1 aliphatic rings. The predicted molar refractivity (Wildman–Crippen MR) is 88.3 cm³/mol. The number of carbonyl (C=O) groups is 1. The second-order valence-electron chi connectivity index (χ2n) is 6.15. The minimum absolute atomic E-state index is 0.0239. The summed E-state index contributed by atoms with van der Waals surface area (Å²) in [5.74, 6) is -0.289. The van der Waals surface area contributed by atoms with Crippen LogP contribution in [0.4, 0.5) is 0 Å². The molecule has 122 valence electrons. The molecular formula is C18H33NO2. The molecule has 0 aromatic rings. The molecule has 1 heterocycles. The lowest BCUT2D eigenvalue weighted by atomic mass is 9.69. The molecule has 21 heavy (non-hydrogen) atoms. The average molecular weight is 295 g/mol. The first-order valence-corrected chi connectivity index (χ1v) is 8.60. The molecule has 0 aromatic carbocycles. The van der Waals surface area contributed by atoms with E-state index < -0.39 is 0 Å². The van der Waals surface area contributed by atoms with Crippen molar-refractivity contribution in [1.82, 2.24) is 4.90 Å². The highest BCUT2D eigenvalue weighted by molar-refractivity contribution is 5.81. The number of esters is 1. The summed E-state index contributed by atoms with van der Waals surface area (Å²) in [6, 6.07) is 0. The molecule has 0 saturated carbocycles. The molecule has 3 heteroatoms. The van der Waals surface area contributed by atoms with E-state index in [0.717, 1.165) is 45.1 Å². The zero-order valence-corrected chi connectivity index (χ0v) is 14.6. The second kappa shape index (κ2) is 7.44. The van der Waals surface area contributed by atoms with Gasteiger partial charge in [0.15, 0.2) is 0 Å². The second-order valence-corrected chi connectivity index (χ2v) is 6.15. The van der Waals surface area contributed by atoms with Gasteiger partial charge in [-0.1, -0.05) is 41.2 Å². The Labute approximate surface area is 130 Å². The van der Waals surface area contributed by atoms with Gasteiger partial charge >= 0.3 is 5.97 Å². The molecule has 1 aliphatic heterocycles. The zero-order chi connectivity index (χ0) is 16.1. The van der Waals surface area contributed by atoms with Gasteiger partial charge in [-0.05, 0) is 45.1 Å². The summed E-state index contributed by atoms with van der Waals surface area (Å²) in [6.07, 6.45) is 7.65. The van der Waals surface area contributed by atoms with Gasteiger partial charge in [0.05, 0.1) is 5.54 Å². The number of ether oxygens (including phenoxy) is 1. The molecule has 0 radical (unpaired) electrons. The van der Waals surface area contributed by atoms with Crippen LogP contribution in [-0.2, 0) is 9.53 Å².